The molecule has 0 unspecified atom stereocenters. The molecule has 0 aliphatic carbocycles. The van der Waals surface area contributed by atoms with E-state index >= 15 is 0 Å². The topological polar surface area (TPSA) is 56.1 Å². The van der Waals surface area contributed by atoms with Crippen LogP contribution in [0.4, 0.5) is 0 Å². The van der Waals surface area contributed by atoms with Gasteiger partial charge in [-0.3, -0.25) is 9.78 Å². The van der Waals surface area contributed by atoms with E-state index in [1.165, 1.54) is 5.56 Å². The zero-order valence-corrected chi connectivity index (χ0v) is 15.1. The van der Waals surface area contributed by atoms with Gasteiger partial charge >= 0.3 is 0 Å². The average molecular weight is 351 g/mol. The largest absolute Gasteiger partial charge is 0.494 e. The molecule has 0 saturated heterocycles. The third kappa shape index (κ3) is 4.92. The number of unbranched alkanes of at least 4 members (excludes halogenated alkanes) is 2. The SMILES string of the molecule is Cn1c(=O)ccc2cc(OCCCCCNCc3cccnc3)ccc21. The lowest BCUT2D eigenvalue weighted by atomic mass is 10.2. The normalized spacial score (nSPS) is 11.0. The summed E-state index contributed by atoms with van der Waals surface area (Å²) in [5.74, 6) is 0.853. The predicted molar refractivity (Wildman–Crippen MR) is 104 cm³/mol. The summed E-state index contributed by atoms with van der Waals surface area (Å²) in [4.78, 5) is 15.7. The lowest BCUT2D eigenvalue weighted by Crippen LogP contribution is -2.15. The van der Waals surface area contributed by atoms with Crippen LogP contribution in [0.2, 0.25) is 0 Å². The van der Waals surface area contributed by atoms with E-state index in [0.29, 0.717) is 6.61 Å². The first kappa shape index (κ1) is 18.1. The first-order chi connectivity index (χ1) is 12.7. The van der Waals surface area contributed by atoms with Crippen molar-refractivity contribution in [3.8, 4) is 5.75 Å². The van der Waals surface area contributed by atoms with Crippen molar-refractivity contribution in [2.45, 2.75) is 25.8 Å². The fourth-order valence-corrected chi connectivity index (χ4v) is 2.91. The Labute approximate surface area is 153 Å². The van der Waals surface area contributed by atoms with E-state index in [1.807, 2.05) is 36.5 Å². The Hall–Kier alpha value is -2.66. The second-order valence-electron chi connectivity index (χ2n) is 6.40. The maximum Gasteiger partial charge on any atom is 0.250 e. The van der Waals surface area contributed by atoms with Crippen LogP contribution in [-0.2, 0) is 13.6 Å². The number of nitrogens with one attached hydrogen (secondary N) is 1. The Morgan fingerprint density at radius 1 is 1.12 bits per heavy atom. The molecule has 1 N–H and O–H groups in total. The molecule has 0 aliphatic heterocycles. The van der Waals surface area contributed by atoms with E-state index in [1.54, 1.807) is 23.9 Å². The van der Waals surface area contributed by atoms with Gasteiger partial charge in [-0.15, -0.1) is 0 Å². The van der Waals surface area contributed by atoms with Crippen LogP contribution in [0.15, 0.2) is 59.7 Å². The van der Waals surface area contributed by atoms with E-state index in [0.717, 1.165) is 49.0 Å². The zero-order valence-electron chi connectivity index (χ0n) is 15.1. The zero-order chi connectivity index (χ0) is 18.2. The minimum atomic E-state index is 0.00306. The molecule has 0 aliphatic rings. The minimum Gasteiger partial charge on any atom is -0.494 e. The monoisotopic (exact) mass is 351 g/mol. The molecule has 0 fully saturated rings. The van der Waals surface area contributed by atoms with Gasteiger partial charge in [0.2, 0.25) is 0 Å². The lowest BCUT2D eigenvalue weighted by molar-refractivity contribution is 0.305. The van der Waals surface area contributed by atoms with Crippen molar-refractivity contribution in [1.82, 2.24) is 14.9 Å². The van der Waals surface area contributed by atoms with Crippen LogP contribution in [0.25, 0.3) is 10.9 Å². The summed E-state index contributed by atoms with van der Waals surface area (Å²) in [7, 11) is 1.79. The number of benzene rings is 1. The fraction of sp³-hybridized carbons (Fsp3) is 0.333. The van der Waals surface area contributed by atoms with Gasteiger partial charge in [-0.05, 0) is 61.7 Å². The Morgan fingerprint density at radius 3 is 2.88 bits per heavy atom. The molecular weight excluding hydrogens is 326 g/mol. The molecule has 0 amide bonds. The van der Waals surface area contributed by atoms with Crippen LogP contribution < -0.4 is 15.6 Å². The highest BCUT2D eigenvalue weighted by Crippen LogP contribution is 2.19. The summed E-state index contributed by atoms with van der Waals surface area (Å²) in [6.07, 6.45) is 6.97. The van der Waals surface area contributed by atoms with Gasteiger partial charge in [-0.25, -0.2) is 0 Å². The summed E-state index contributed by atoms with van der Waals surface area (Å²) in [6, 6.07) is 13.3. The number of ether oxygens (including phenoxy) is 1. The number of nitrogens with zero attached hydrogens (tertiary/aromatic N) is 2. The van der Waals surface area contributed by atoms with E-state index < -0.39 is 0 Å². The molecule has 5 nitrogen and oxygen atoms in total. The molecule has 0 bridgehead atoms. The van der Waals surface area contributed by atoms with Gasteiger partial charge in [0.05, 0.1) is 12.1 Å². The van der Waals surface area contributed by atoms with E-state index in [9.17, 15) is 4.79 Å². The van der Waals surface area contributed by atoms with Crippen molar-refractivity contribution in [1.29, 1.82) is 0 Å². The Balaban J connectivity index is 1.34. The van der Waals surface area contributed by atoms with Crippen LogP contribution in [0.1, 0.15) is 24.8 Å². The van der Waals surface area contributed by atoms with Crippen molar-refractivity contribution in [2.75, 3.05) is 13.2 Å². The molecule has 136 valence electrons. The summed E-state index contributed by atoms with van der Waals surface area (Å²) in [6.45, 7) is 2.57. The molecule has 0 atom stereocenters. The van der Waals surface area contributed by atoms with Crippen molar-refractivity contribution in [3.05, 3.63) is 70.8 Å². The van der Waals surface area contributed by atoms with Crippen molar-refractivity contribution in [3.63, 3.8) is 0 Å². The quantitative estimate of drug-likeness (QED) is 0.601. The highest BCUT2D eigenvalue weighted by Gasteiger charge is 2.01. The number of hydrogen-bond donors (Lipinski definition) is 1. The van der Waals surface area contributed by atoms with Crippen molar-refractivity contribution >= 4 is 10.9 Å². The lowest BCUT2D eigenvalue weighted by Gasteiger charge is -2.09. The Morgan fingerprint density at radius 2 is 2.04 bits per heavy atom. The Bertz CT molecular complexity index is 891. The Kier molecular flexibility index (Phi) is 6.39. The first-order valence-electron chi connectivity index (χ1n) is 9.06. The van der Waals surface area contributed by atoms with Crippen LogP contribution >= 0.6 is 0 Å². The van der Waals surface area contributed by atoms with Gasteiger partial charge in [-0.2, -0.15) is 0 Å². The van der Waals surface area contributed by atoms with E-state index in [4.69, 9.17) is 4.74 Å². The standard InChI is InChI=1S/C21H25N3O2/c1-24-20-9-8-19(14-18(20)7-10-21(24)25)26-13-4-2-3-11-22-15-17-6-5-12-23-16-17/h5-10,12,14,16,22H,2-4,11,13,15H2,1H3. The molecule has 0 radical (unpaired) electrons. The number of aryl methyl sites for hydroxylation is 1. The molecule has 5 heteroatoms. The van der Waals surface area contributed by atoms with Gasteiger partial charge in [0, 0.05) is 37.4 Å². The van der Waals surface area contributed by atoms with Gasteiger partial charge in [0.15, 0.2) is 0 Å². The van der Waals surface area contributed by atoms with Crippen LogP contribution in [0.5, 0.6) is 5.75 Å². The van der Waals surface area contributed by atoms with Crippen molar-refractivity contribution in [2.24, 2.45) is 7.05 Å². The van der Waals surface area contributed by atoms with Gasteiger partial charge in [-0.1, -0.05) is 6.07 Å². The predicted octanol–water partition coefficient (Wildman–Crippen LogP) is 3.27. The smallest absolute Gasteiger partial charge is 0.250 e. The summed E-state index contributed by atoms with van der Waals surface area (Å²) in [5.41, 5.74) is 2.14. The third-order valence-electron chi connectivity index (χ3n) is 4.41. The highest BCUT2D eigenvalue weighted by atomic mass is 16.5. The van der Waals surface area contributed by atoms with E-state index in [-0.39, 0.29) is 5.56 Å². The molecule has 1 aromatic carbocycles. The van der Waals surface area contributed by atoms with Crippen molar-refractivity contribution < 1.29 is 4.74 Å². The number of pyridine rings is 2. The molecule has 26 heavy (non-hydrogen) atoms. The highest BCUT2D eigenvalue weighted by molar-refractivity contribution is 5.80. The average Bonchev–Trinajstić information content (AvgIpc) is 2.68. The summed E-state index contributed by atoms with van der Waals surface area (Å²) in [5, 5.41) is 4.45. The minimum absolute atomic E-state index is 0.00306. The number of hydrogen-bond acceptors (Lipinski definition) is 4. The van der Waals surface area contributed by atoms with Gasteiger partial charge in [0.1, 0.15) is 5.75 Å². The number of fused-ring (bicyclic) bond motifs is 1. The number of rotatable bonds is 9. The number of aromatic nitrogens is 2. The molecule has 0 spiro atoms. The molecule has 2 heterocycles. The third-order valence-corrected chi connectivity index (χ3v) is 4.41. The molecule has 3 aromatic rings. The summed E-state index contributed by atoms with van der Waals surface area (Å²) >= 11 is 0. The van der Waals surface area contributed by atoms with Gasteiger partial charge in [0.25, 0.3) is 5.56 Å². The maximum atomic E-state index is 11.6. The molecular formula is C21H25N3O2. The molecule has 2 aromatic heterocycles. The first-order valence-corrected chi connectivity index (χ1v) is 9.06. The summed E-state index contributed by atoms with van der Waals surface area (Å²) < 4.78 is 7.49. The van der Waals surface area contributed by atoms with Crippen LogP contribution in [0, 0.1) is 0 Å². The van der Waals surface area contributed by atoms with Crippen LogP contribution in [-0.4, -0.2) is 22.7 Å². The van der Waals surface area contributed by atoms with Gasteiger partial charge < -0.3 is 14.6 Å². The molecule has 0 saturated carbocycles. The maximum absolute atomic E-state index is 11.6. The van der Waals surface area contributed by atoms with Crippen LogP contribution in [0.3, 0.4) is 0 Å². The molecule has 3 rings (SSSR count). The second-order valence-corrected chi connectivity index (χ2v) is 6.40. The fourth-order valence-electron chi connectivity index (χ4n) is 2.91. The van der Waals surface area contributed by atoms with E-state index in [2.05, 4.69) is 16.4 Å². The second kappa shape index (κ2) is 9.15.